The highest BCUT2D eigenvalue weighted by molar-refractivity contribution is 7.56. The van der Waals surface area contributed by atoms with E-state index in [9.17, 15) is 5.11 Å². The number of phenols is 1. The van der Waals surface area contributed by atoms with E-state index in [-0.39, 0.29) is 5.54 Å². The number of hydrogen-bond acceptors (Lipinski definition) is 2. The molecule has 0 radical (unpaired) electrons. The molecule has 2 rings (SSSR count). The van der Waals surface area contributed by atoms with Crippen molar-refractivity contribution in [3.8, 4) is 5.75 Å². The van der Waals surface area contributed by atoms with Crippen LogP contribution in [0.2, 0.25) is 0 Å². The molecule has 1 N–H and O–H groups in total. The van der Waals surface area contributed by atoms with E-state index in [2.05, 4.69) is 50.9 Å². The third-order valence-corrected chi connectivity index (χ3v) is 4.64. The first-order valence-electron chi connectivity index (χ1n) is 7.48. The summed E-state index contributed by atoms with van der Waals surface area (Å²) >= 11 is 0. The highest BCUT2D eigenvalue weighted by atomic mass is 31.1. The van der Waals surface area contributed by atoms with E-state index in [1.165, 1.54) is 10.9 Å². The van der Waals surface area contributed by atoms with Crippen LogP contribution in [0.25, 0.3) is 0 Å². The van der Waals surface area contributed by atoms with Crippen LogP contribution < -0.4 is 10.6 Å². The fourth-order valence-electron chi connectivity index (χ4n) is 2.19. The van der Waals surface area contributed by atoms with E-state index in [1.54, 1.807) is 0 Å². The van der Waals surface area contributed by atoms with E-state index < -0.39 is 0 Å². The average molecular weight is 313 g/mol. The van der Waals surface area contributed by atoms with Gasteiger partial charge in [0.25, 0.3) is 0 Å². The topological polar surface area (TPSA) is 32.6 Å². The monoisotopic (exact) mass is 313 g/mol. The Balaban J connectivity index is 2.37. The van der Waals surface area contributed by atoms with Crippen molar-refractivity contribution >= 4 is 25.4 Å². The van der Waals surface area contributed by atoms with Crippen LogP contribution in [0.3, 0.4) is 0 Å². The molecule has 0 saturated carbocycles. The van der Waals surface area contributed by atoms with E-state index in [1.807, 2.05) is 31.3 Å². The first-order valence-corrected chi connectivity index (χ1v) is 8.48. The smallest absolute Gasteiger partial charge is 0.126 e. The zero-order valence-electron chi connectivity index (χ0n) is 13.9. The van der Waals surface area contributed by atoms with Crippen LogP contribution in [-0.4, -0.2) is 16.9 Å². The van der Waals surface area contributed by atoms with Gasteiger partial charge in [0.1, 0.15) is 5.75 Å². The van der Waals surface area contributed by atoms with E-state index >= 15 is 0 Å². The van der Waals surface area contributed by atoms with Crippen LogP contribution in [0.1, 0.15) is 37.5 Å². The molecule has 3 heteroatoms. The Labute approximate surface area is 135 Å². The first-order chi connectivity index (χ1) is 10.3. The van der Waals surface area contributed by atoms with Gasteiger partial charge in [0, 0.05) is 17.1 Å². The lowest BCUT2D eigenvalue weighted by Crippen LogP contribution is -2.13. The number of nitrogens with zero attached hydrogens (tertiary/aromatic N) is 1. The second-order valence-electron chi connectivity index (χ2n) is 6.62. The Morgan fingerprint density at radius 1 is 1.05 bits per heavy atom. The van der Waals surface area contributed by atoms with Crippen molar-refractivity contribution in [2.24, 2.45) is 4.99 Å². The highest BCUT2D eigenvalue weighted by Crippen LogP contribution is 2.24. The summed E-state index contributed by atoms with van der Waals surface area (Å²) in [5.74, 6) is 0.409. The van der Waals surface area contributed by atoms with Crippen molar-refractivity contribution in [3.63, 3.8) is 0 Å². The summed E-state index contributed by atoms with van der Waals surface area (Å²) in [6, 6.07) is 12.3. The number of aliphatic imine (C=N–C) groups is 1. The minimum absolute atomic E-state index is 0.0850. The quantitative estimate of drug-likeness (QED) is 0.677. The van der Waals surface area contributed by atoms with Gasteiger partial charge in [-0.1, -0.05) is 38.9 Å². The Hall–Kier alpha value is -1.66. The average Bonchev–Trinajstić information content (AvgIpc) is 2.42. The molecule has 0 aliphatic heterocycles. The predicted octanol–water partition coefficient (Wildman–Crippen LogP) is 3.86. The van der Waals surface area contributed by atoms with Crippen molar-refractivity contribution in [2.75, 3.05) is 0 Å². The summed E-state index contributed by atoms with van der Waals surface area (Å²) in [6.07, 6.45) is 1.95. The maximum Gasteiger partial charge on any atom is 0.126 e. The predicted molar refractivity (Wildman–Crippen MR) is 99.0 cm³/mol. The maximum absolute atomic E-state index is 10.3. The molecule has 0 fully saturated rings. The lowest BCUT2D eigenvalue weighted by Gasteiger charge is -2.13. The number of benzene rings is 2. The molecule has 0 aliphatic carbocycles. The van der Waals surface area contributed by atoms with Gasteiger partial charge in [-0.15, -0.1) is 0 Å². The van der Waals surface area contributed by atoms with Crippen molar-refractivity contribution in [2.45, 2.75) is 40.2 Å². The molecule has 0 saturated heterocycles. The van der Waals surface area contributed by atoms with Gasteiger partial charge in [0.2, 0.25) is 0 Å². The fraction of sp³-hybridized carbons (Fsp3) is 0.316. The molecule has 0 aliphatic rings. The largest absolute Gasteiger partial charge is 0.507 e. The van der Waals surface area contributed by atoms with Crippen molar-refractivity contribution < 1.29 is 5.11 Å². The molecule has 2 aromatic rings. The number of aromatic hydroxyl groups is 1. The van der Waals surface area contributed by atoms with Gasteiger partial charge in [-0.3, -0.25) is 4.99 Å². The summed E-state index contributed by atoms with van der Waals surface area (Å²) in [5, 5.41) is 12.5. The van der Waals surface area contributed by atoms with Crippen LogP contribution >= 0.6 is 8.58 Å². The first kappa shape index (κ1) is 16.7. The van der Waals surface area contributed by atoms with Gasteiger partial charge in [-0.25, -0.2) is 0 Å². The third-order valence-electron chi connectivity index (χ3n) is 3.27. The molecule has 0 amide bonds. The van der Waals surface area contributed by atoms with Crippen molar-refractivity contribution in [1.29, 1.82) is 0 Å². The van der Waals surface area contributed by atoms with E-state index in [0.29, 0.717) is 14.3 Å². The summed E-state index contributed by atoms with van der Waals surface area (Å²) in [6.45, 7) is 10.3. The summed E-state index contributed by atoms with van der Waals surface area (Å²) < 4.78 is 0. The normalized spacial score (nSPS) is 12.6. The molecular formula is C19H24NOP. The zero-order valence-corrected chi connectivity index (χ0v) is 14.9. The van der Waals surface area contributed by atoms with Gasteiger partial charge < -0.3 is 5.11 Å². The summed E-state index contributed by atoms with van der Waals surface area (Å²) in [7, 11) is 0.419. The van der Waals surface area contributed by atoms with Crippen LogP contribution in [0.4, 0.5) is 0 Å². The molecule has 0 aromatic heterocycles. The third kappa shape index (κ3) is 4.42. The van der Waals surface area contributed by atoms with Gasteiger partial charge in [-0.2, -0.15) is 0 Å². The molecule has 0 spiro atoms. The van der Waals surface area contributed by atoms with Crippen LogP contribution in [-0.2, 0) is 0 Å². The maximum atomic E-state index is 10.3. The Kier molecular flexibility index (Phi) is 5.03. The summed E-state index contributed by atoms with van der Waals surface area (Å²) in [5.41, 5.74) is 3.15. The molecular weight excluding hydrogens is 289 g/mol. The lowest BCUT2D eigenvalue weighted by atomic mass is 10.1. The van der Waals surface area contributed by atoms with Crippen LogP contribution in [0, 0.1) is 13.8 Å². The van der Waals surface area contributed by atoms with Gasteiger partial charge in [0.15, 0.2) is 0 Å². The fourth-order valence-corrected chi connectivity index (χ4v) is 3.56. The molecule has 1 atom stereocenters. The van der Waals surface area contributed by atoms with Gasteiger partial charge in [-0.05, 0) is 57.1 Å². The van der Waals surface area contributed by atoms with E-state index in [4.69, 9.17) is 0 Å². The van der Waals surface area contributed by atoms with Crippen LogP contribution in [0.5, 0.6) is 5.75 Å². The molecule has 22 heavy (non-hydrogen) atoms. The lowest BCUT2D eigenvalue weighted by molar-refractivity contribution is 0.475. The molecule has 2 nitrogen and oxygen atoms in total. The van der Waals surface area contributed by atoms with Gasteiger partial charge in [0.05, 0.1) is 5.54 Å². The SMILES string of the molecule is Cc1cc(C)c(O)c(Pc2ccccc2C=NC(C)(C)C)c1. The molecule has 0 bridgehead atoms. The minimum atomic E-state index is -0.0850. The van der Waals surface area contributed by atoms with Crippen molar-refractivity contribution in [1.82, 2.24) is 0 Å². The Morgan fingerprint density at radius 2 is 1.73 bits per heavy atom. The number of aryl methyl sites for hydroxylation is 2. The molecule has 2 aromatic carbocycles. The standard InChI is InChI=1S/C19H24NOP/c1-13-10-14(2)18(21)17(11-13)22-16-9-7-6-8-15(16)12-20-19(3,4)5/h6-12,21-22H,1-5H3. The Bertz CT molecular complexity index is 699. The molecule has 116 valence electrons. The van der Waals surface area contributed by atoms with Crippen LogP contribution in [0.15, 0.2) is 41.4 Å². The molecule has 0 heterocycles. The zero-order chi connectivity index (χ0) is 16.3. The minimum Gasteiger partial charge on any atom is -0.507 e. The second kappa shape index (κ2) is 6.62. The number of rotatable bonds is 3. The highest BCUT2D eigenvalue weighted by Gasteiger charge is 2.10. The second-order valence-corrected chi connectivity index (χ2v) is 7.95. The van der Waals surface area contributed by atoms with E-state index in [0.717, 1.165) is 16.4 Å². The van der Waals surface area contributed by atoms with Crippen molar-refractivity contribution in [3.05, 3.63) is 53.1 Å². The Morgan fingerprint density at radius 3 is 2.41 bits per heavy atom. The van der Waals surface area contributed by atoms with Gasteiger partial charge >= 0.3 is 0 Å². The number of hydrogen-bond donors (Lipinski definition) is 1. The molecule has 1 unspecified atom stereocenters. The summed E-state index contributed by atoms with van der Waals surface area (Å²) in [4.78, 5) is 4.60. The number of phenolic OH excluding ortho intramolecular Hbond substituents is 1.